The lowest BCUT2D eigenvalue weighted by Gasteiger charge is -2.17. The van der Waals surface area contributed by atoms with Crippen LogP contribution in [-0.2, 0) is 16.1 Å². The van der Waals surface area contributed by atoms with E-state index < -0.39 is 0 Å². The van der Waals surface area contributed by atoms with Crippen molar-refractivity contribution in [1.82, 2.24) is 14.5 Å². The molecule has 1 aromatic heterocycles. The van der Waals surface area contributed by atoms with Crippen molar-refractivity contribution in [3.05, 3.63) is 70.3 Å². The molecule has 0 fully saturated rings. The third-order valence-corrected chi connectivity index (χ3v) is 4.50. The van der Waals surface area contributed by atoms with Crippen LogP contribution in [0.1, 0.15) is 11.1 Å². The van der Waals surface area contributed by atoms with E-state index in [0.29, 0.717) is 16.6 Å². The maximum Gasteiger partial charge on any atom is 0.261 e. The fourth-order valence-corrected chi connectivity index (χ4v) is 2.86. The second kappa shape index (κ2) is 8.04. The first kappa shape index (κ1) is 19.3. The molecule has 0 atom stereocenters. The fourth-order valence-electron chi connectivity index (χ4n) is 2.86. The molecule has 0 bridgehead atoms. The highest BCUT2D eigenvalue weighted by Crippen LogP contribution is 2.11. The summed E-state index contributed by atoms with van der Waals surface area (Å²) in [5.74, 6) is -0.658. The summed E-state index contributed by atoms with van der Waals surface area (Å²) in [6.45, 7) is 3.55. The standard InChI is InChI=1S/C21H22N4O3/c1-14-7-9-16(10-8-14)23-18(26)11-24(3)19(27)12-25-13-22-20-15(2)5-4-6-17(20)21(25)28/h4-10,13H,11-12H2,1-3H3,(H,23,26). The topological polar surface area (TPSA) is 84.3 Å². The highest BCUT2D eigenvalue weighted by molar-refractivity contribution is 5.94. The molecule has 144 valence electrons. The SMILES string of the molecule is Cc1ccc(NC(=O)CN(C)C(=O)Cn2cnc3c(C)cccc3c2=O)cc1. The van der Waals surface area contributed by atoms with Gasteiger partial charge in [-0.1, -0.05) is 29.8 Å². The van der Waals surface area contributed by atoms with Crippen LogP contribution in [0.3, 0.4) is 0 Å². The molecule has 0 saturated heterocycles. The lowest BCUT2D eigenvalue weighted by atomic mass is 10.1. The Morgan fingerprint density at radius 1 is 1.11 bits per heavy atom. The van der Waals surface area contributed by atoms with Gasteiger partial charge >= 0.3 is 0 Å². The molecule has 7 nitrogen and oxygen atoms in total. The highest BCUT2D eigenvalue weighted by Gasteiger charge is 2.15. The molecule has 0 radical (unpaired) electrons. The number of likely N-dealkylation sites (N-methyl/N-ethyl adjacent to an activating group) is 1. The van der Waals surface area contributed by atoms with Crippen LogP contribution in [0.15, 0.2) is 53.6 Å². The minimum atomic E-state index is -0.352. The minimum Gasteiger partial charge on any atom is -0.335 e. The van der Waals surface area contributed by atoms with Gasteiger partial charge < -0.3 is 10.2 Å². The van der Waals surface area contributed by atoms with Gasteiger partial charge in [-0.3, -0.25) is 19.0 Å². The number of benzene rings is 2. The average molecular weight is 378 g/mol. The molecule has 2 amide bonds. The Kier molecular flexibility index (Phi) is 5.54. The second-order valence-electron chi connectivity index (χ2n) is 6.81. The maximum atomic E-state index is 12.6. The third kappa shape index (κ3) is 4.25. The van der Waals surface area contributed by atoms with Gasteiger partial charge in [0.1, 0.15) is 6.54 Å². The number of hydrogen-bond donors (Lipinski definition) is 1. The van der Waals surface area contributed by atoms with Crippen molar-refractivity contribution >= 4 is 28.4 Å². The Morgan fingerprint density at radius 2 is 1.82 bits per heavy atom. The predicted molar refractivity (Wildman–Crippen MR) is 108 cm³/mol. The van der Waals surface area contributed by atoms with Crippen molar-refractivity contribution in [1.29, 1.82) is 0 Å². The number of rotatable bonds is 5. The quantitative estimate of drug-likeness (QED) is 0.737. The van der Waals surface area contributed by atoms with E-state index in [1.54, 1.807) is 24.3 Å². The van der Waals surface area contributed by atoms with E-state index in [-0.39, 0.29) is 30.5 Å². The molecule has 2 aromatic carbocycles. The van der Waals surface area contributed by atoms with Crippen molar-refractivity contribution in [2.24, 2.45) is 0 Å². The first-order chi connectivity index (χ1) is 13.3. The Hall–Kier alpha value is -3.48. The van der Waals surface area contributed by atoms with Gasteiger partial charge in [-0.05, 0) is 37.6 Å². The number of nitrogens with one attached hydrogen (secondary N) is 1. The summed E-state index contributed by atoms with van der Waals surface area (Å²) in [5, 5.41) is 3.21. The fraction of sp³-hybridized carbons (Fsp3) is 0.238. The first-order valence-corrected chi connectivity index (χ1v) is 8.90. The van der Waals surface area contributed by atoms with Crippen molar-refractivity contribution in [3.63, 3.8) is 0 Å². The van der Waals surface area contributed by atoms with Crippen LogP contribution in [0.25, 0.3) is 10.9 Å². The van der Waals surface area contributed by atoms with Gasteiger partial charge in [0, 0.05) is 12.7 Å². The van der Waals surface area contributed by atoms with Crippen molar-refractivity contribution in [3.8, 4) is 0 Å². The van der Waals surface area contributed by atoms with Crippen molar-refractivity contribution in [2.75, 3.05) is 18.9 Å². The van der Waals surface area contributed by atoms with E-state index in [9.17, 15) is 14.4 Å². The van der Waals surface area contributed by atoms with Crippen LogP contribution in [0.2, 0.25) is 0 Å². The Morgan fingerprint density at radius 3 is 2.54 bits per heavy atom. The van der Waals surface area contributed by atoms with E-state index in [1.165, 1.54) is 22.8 Å². The summed E-state index contributed by atoms with van der Waals surface area (Å²) in [5.41, 5.74) is 3.01. The highest BCUT2D eigenvalue weighted by atomic mass is 16.2. The van der Waals surface area contributed by atoms with Gasteiger partial charge in [0.2, 0.25) is 11.8 Å². The number of aromatic nitrogens is 2. The molecule has 0 aliphatic rings. The molecule has 0 spiro atoms. The van der Waals surface area contributed by atoms with Crippen LogP contribution in [0.4, 0.5) is 5.69 Å². The molecule has 7 heteroatoms. The van der Waals surface area contributed by atoms with E-state index >= 15 is 0 Å². The molecule has 0 aliphatic heterocycles. The second-order valence-corrected chi connectivity index (χ2v) is 6.81. The molecule has 3 aromatic rings. The Balaban J connectivity index is 1.66. The number of amides is 2. The van der Waals surface area contributed by atoms with Crippen LogP contribution in [0.5, 0.6) is 0 Å². The van der Waals surface area contributed by atoms with Crippen molar-refractivity contribution in [2.45, 2.75) is 20.4 Å². The summed E-state index contributed by atoms with van der Waals surface area (Å²) < 4.78 is 1.26. The maximum absolute atomic E-state index is 12.6. The molecule has 0 saturated carbocycles. The monoisotopic (exact) mass is 378 g/mol. The number of anilines is 1. The number of aryl methyl sites for hydroxylation is 2. The number of para-hydroxylation sites is 1. The van der Waals surface area contributed by atoms with Gasteiger partial charge in [0.25, 0.3) is 5.56 Å². The van der Waals surface area contributed by atoms with E-state index in [0.717, 1.165) is 11.1 Å². The summed E-state index contributed by atoms with van der Waals surface area (Å²) in [7, 11) is 1.53. The zero-order valence-electron chi connectivity index (χ0n) is 16.1. The molecule has 0 unspecified atom stereocenters. The zero-order valence-corrected chi connectivity index (χ0v) is 16.1. The minimum absolute atomic E-state index is 0.110. The number of carbonyl (C=O) groups excluding carboxylic acids is 2. The van der Waals surface area contributed by atoms with Crippen LogP contribution >= 0.6 is 0 Å². The summed E-state index contributed by atoms with van der Waals surface area (Å²) >= 11 is 0. The zero-order chi connectivity index (χ0) is 20.3. The van der Waals surface area contributed by atoms with E-state index in [2.05, 4.69) is 10.3 Å². The molecular formula is C21H22N4O3. The lowest BCUT2D eigenvalue weighted by molar-refractivity contribution is -0.133. The predicted octanol–water partition coefficient (Wildman–Crippen LogP) is 2.11. The summed E-state index contributed by atoms with van der Waals surface area (Å²) in [6.07, 6.45) is 1.37. The summed E-state index contributed by atoms with van der Waals surface area (Å²) in [4.78, 5) is 42.8. The number of hydrogen-bond acceptors (Lipinski definition) is 4. The lowest BCUT2D eigenvalue weighted by Crippen LogP contribution is -2.38. The Labute approximate surface area is 162 Å². The van der Waals surface area contributed by atoms with Gasteiger partial charge in [0.15, 0.2) is 0 Å². The van der Waals surface area contributed by atoms with Crippen molar-refractivity contribution < 1.29 is 9.59 Å². The summed E-state index contributed by atoms with van der Waals surface area (Å²) in [6, 6.07) is 12.8. The first-order valence-electron chi connectivity index (χ1n) is 8.90. The molecule has 1 heterocycles. The third-order valence-electron chi connectivity index (χ3n) is 4.50. The number of fused-ring (bicyclic) bond motifs is 1. The van der Waals surface area contributed by atoms with E-state index in [1.807, 2.05) is 32.0 Å². The largest absolute Gasteiger partial charge is 0.335 e. The number of carbonyl (C=O) groups is 2. The van der Waals surface area contributed by atoms with Crippen LogP contribution in [0, 0.1) is 13.8 Å². The normalized spacial score (nSPS) is 10.7. The molecule has 3 rings (SSSR count). The van der Waals surface area contributed by atoms with E-state index in [4.69, 9.17) is 0 Å². The van der Waals surface area contributed by atoms with Gasteiger partial charge in [-0.15, -0.1) is 0 Å². The van der Waals surface area contributed by atoms with Crippen LogP contribution < -0.4 is 10.9 Å². The number of nitrogens with zero attached hydrogens (tertiary/aromatic N) is 3. The molecular weight excluding hydrogens is 356 g/mol. The van der Waals surface area contributed by atoms with Gasteiger partial charge in [0.05, 0.1) is 23.8 Å². The molecule has 1 N–H and O–H groups in total. The Bertz CT molecular complexity index is 1090. The van der Waals surface area contributed by atoms with Gasteiger partial charge in [-0.25, -0.2) is 4.98 Å². The average Bonchev–Trinajstić information content (AvgIpc) is 2.66. The molecule has 0 aliphatic carbocycles. The van der Waals surface area contributed by atoms with Gasteiger partial charge in [-0.2, -0.15) is 0 Å². The van der Waals surface area contributed by atoms with Crippen LogP contribution in [-0.4, -0.2) is 39.9 Å². The smallest absolute Gasteiger partial charge is 0.261 e. The molecule has 28 heavy (non-hydrogen) atoms.